The number of thioether (sulfide) groups is 1. The van der Waals surface area contributed by atoms with Crippen molar-refractivity contribution in [2.75, 3.05) is 81.9 Å². The number of rotatable bonds is 33. The Morgan fingerprint density at radius 2 is 1.51 bits per heavy atom. The second-order valence-electron chi connectivity index (χ2n) is 32.4. The van der Waals surface area contributed by atoms with E-state index in [0.717, 1.165) is 97.0 Å². The molecular formula is C78H100F6N10O10S4. The van der Waals surface area contributed by atoms with E-state index >= 15 is 0 Å². The van der Waals surface area contributed by atoms with Gasteiger partial charge in [-0.1, -0.05) is 101 Å². The van der Waals surface area contributed by atoms with Crippen molar-refractivity contribution in [1.29, 1.82) is 0 Å². The monoisotopic (exact) mass is 1580 g/mol. The van der Waals surface area contributed by atoms with Crippen molar-refractivity contribution in [3.05, 3.63) is 131 Å². The number of halogens is 6. The van der Waals surface area contributed by atoms with Gasteiger partial charge in [-0.3, -0.25) is 28.9 Å². The zero-order valence-corrected chi connectivity index (χ0v) is 65.5. The number of sulfone groups is 1. The zero-order chi connectivity index (χ0) is 77.9. The van der Waals surface area contributed by atoms with Crippen LogP contribution in [0.15, 0.2) is 128 Å². The van der Waals surface area contributed by atoms with Crippen LogP contribution in [0.1, 0.15) is 159 Å². The van der Waals surface area contributed by atoms with E-state index in [-0.39, 0.29) is 60.3 Å². The third-order valence-electron chi connectivity index (χ3n) is 22.3. The highest BCUT2D eigenvalue weighted by Crippen LogP contribution is 2.79. The molecule has 0 spiro atoms. The largest absolute Gasteiger partial charge is 0.501 e. The highest BCUT2D eigenvalue weighted by Gasteiger charge is 2.73. The molecule has 6 fully saturated rings. The van der Waals surface area contributed by atoms with Crippen LogP contribution in [-0.4, -0.2) is 185 Å². The summed E-state index contributed by atoms with van der Waals surface area (Å²) >= 11 is 2.86. The number of nitrogens with zero attached hydrogens (tertiary/aromatic N) is 5. The number of β-amino-alcohol motifs (C(OH)–C–C–N with tert-alkyl or cyclic N) is 1. The van der Waals surface area contributed by atoms with Crippen molar-refractivity contribution in [3.8, 4) is 10.4 Å². The van der Waals surface area contributed by atoms with Gasteiger partial charge < -0.3 is 41.1 Å². The Kier molecular flexibility index (Phi) is 25.1. The SMILES string of the molecule is Cc1ncsc1-c1ccc([C@H](CC(=O)NCCCCCCN(C)CC[C@H](CSc2ccccc2)Nc2ccc(S(=O)(=O)NC(=O)c3ccc(N4CCN(CC5=C(C67CC(C(F)F)(C6)C7)CC(C)(C)CC5)CC4)cc3)cc2S(=O)(=O)C(F)(F)F)NC(=O)C2CC(O)CN2C(=O)[C@@H](NC(=O)C2(F)CC2)C(C)(C)C)cc1. The third-order valence-corrected chi connectivity index (χ3v) is 27.3. The number of carbonyl (C=O) groups excluding carboxylic acids is 5. The molecule has 0 radical (unpaired) electrons. The van der Waals surface area contributed by atoms with Crippen molar-refractivity contribution >= 4 is 83.9 Å². The molecule has 7 aliphatic rings. The predicted molar refractivity (Wildman–Crippen MR) is 405 cm³/mol. The Morgan fingerprint density at radius 3 is 2.14 bits per heavy atom. The lowest BCUT2D eigenvalue weighted by Gasteiger charge is -2.72. The fraction of sp³-hybridized carbons (Fsp3) is 0.564. The Balaban J connectivity index is 0.668. The van der Waals surface area contributed by atoms with Crippen molar-refractivity contribution in [2.45, 2.75) is 200 Å². The Hall–Kier alpha value is -7.09. The molecule has 108 heavy (non-hydrogen) atoms. The average molecular weight is 1580 g/mol. The summed E-state index contributed by atoms with van der Waals surface area (Å²) in [6.07, 6.45) is 4.20. The molecule has 2 unspecified atom stereocenters. The smallest absolute Gasteiger partial charge is 0.391 e. The number of hydrogen-bond acceptors (Lipinski definition) is 17. The lowest BCUT2D eigenvalue weighted by Crippen LogP contribution is -2.66. The minimum absolute atomic E-state index is 0.0391. The maximum Gasteiger partial charge on any atom is 0.501 e. The number of sulfonamides is 1. The number of likely N-dealkylation sites (tertiary alicyclic amines) is 1. The number of unbranched alkanes of at least 4 members (excludes halogenated alkanes) is 3. The topological polar surface area (TPSA) is 260 Å². The van der Waals surface area contributed by atoms with Crippen molar-refractivity contribution in [1.82, 2.24) is 40.4 Å². The molecule has 6 N–H and O–H groups in total. The second-order valence-corrected chi connectivity index (χ2v) is 37.9. The fourth-order valence-electron chi connectivity index (χ4n) is 15.8. The molecule has 12 rings (SSSR count). The van der Waals surface area contributed by atoms with Crippen molar-refractivity contribution in [2.24, 2.45) is 21.7 Å². The van der Waals surface area contributed by atoms with E-state index in [1.807, 2.05) is 66.1 Å². The van der Waals surface area contributed by atoms with Gasteiger partial charge >= 0.3 is 5.51 Å². The summed E-state index contributed by atoms with van der Waals surface area (Å²) < 4.78 is 143. The van der Waals surface area contributed by atoms with Gasteiger partial charge in [-0.05, 0) is 180 Å². The number of alkyl halides is 6. The number of allylic oxidation sites excluding steroid dienone is 1. The van der Waals surface area contributed by atoms with E-state index in [1.54, 1.807) is 50.5 Å². The molecule has 5 amide bonds. The third kappa shape index (κ3) is 19.3. The van der Waals surface area contributed by atoms with Crippen LogP contribution in [0.5, 0.6) is 0 Å². The van der Waals surface area contributed by atoms with E-state index in [0.29, 0.717) is 76.5 Å². The van der Waals surface area contributed by atoms with Crippen LogP contribution in [0.2, 0.25) is 0 Å². The number of benzene rings is 4. The molecule has 5 atom stereocenters. The minimum atomic E-state index is -6.20. The molecule has 30 heteroatoms. The van der Waals surface area contributed by atoms with Crippen LogP contribution in [0.3, 0.4) is 0 Å². The summed E-state index contributed by atoms with van der Waals surface area (Å²) in [5.74, 6) is -3.36. The number of amides is 5. The van der Waals surface area contributed by atoms with Crippen molar-refractivity contribution < 1.29 is 72.3 Å². The first-order valence-corrected chi connectivity index (χ1v) is 42.0. The molecule has 4 aromatic carbocycles. The molecule has 2 bridgehead atoms. The Labute approximate surface area is 637 Å². The molecule has 4 saturated carbocycles. The van der Waals surface area contributed by atoms with E-state index in [9.17, 15) is 72.3 Å². The summed E-state index contributed by atoms with van der Waals surface area (Å²) in [5.41, 5.74) is -2.47. The van der Waals surface area contributed by atoms with Gasteiger partial charge in [0, 0.05) is 85.6 Å². The number of aromatic nitrogens is 1. The van der Waals surface area contributed by atoms with Gasteiger partial charge in [-0.25, -0.2) is 39.7 Å². The summed E-state index contributed by atoms with van der Waals surface area (Å²) in [6.45, 7) is 16.3. The first-order chi connectivity index (χ1) is 50.9. The average Bonchev–Trinajstić information content (AvgIpc) is 0.798. The summed E-state index contributed by atoms with van der Waals surface area (Å²) in [6, 6.07) is 21.2. The van der Waals surface area contributed by atoms with Crippen LogP contribution in [0, 0.1) is 28.6 Å². The van der Waals surface area contributed by atoms with Crippen LogP contribution in [0.25, 0.3) is 10.4 Å². The Bertz CT molecular complexity index is 4320. The molecule has 2 saturated heterocycles. The molecule has 5 aliphatic carbocycles. The number of anilines is 2. The summed E-state index contributed by atoms with van der Waals surface area (Å²) in [4.78, 5) is 80.6. The number of nitrogens with one attached hydrogen (secondary N) is 5. The molecule has 588 valence electrons. The van der Waals surface area contributed by atoms with Gasteiger partial charge in [0.1, 0.15) is 17.0 Å². The number of hydrogen-bond donors (Lipinski definition) is 6. The Morgan fingerprint density at radius 1 is 0.833 bits per heavy atom. The van der Waals surface area contributed by atoms with E-state index < -0.39 is 118 Å². The zero-order valence-electron chi connectivity index (χ0n) is 62.2. The van der Waals surface area contributed by atoms with Crippen molar-refractivity contribution in [3.63, 3.8) is 0 Å². The number of carbonyl (C=O) groups is 5. The van der Waals surface area contributed by atoms with Gasteiger partial charge in [0.2, 0.25) is 24.1 Å². The van der Waals surface area contributed by atoms with Gasteiger partial charge in [0.05, 0.1) is 45.2 Å². The fourth-order valence-corrected chi connectivity index (χ4v) is 19.6. The van der Waals surface area contributed by atoms with Crippen LogP contribution >= 0.6 is 23.1 Å². The van der Waals surface area contributed by atoms with Gasteiger partial charge in [0.15, 0.2) is 5.67 Å². The maximum atomic E-state index is 14.9. The molecule has 1 aromatic heterocycles. The van der Waals surface area contributed by atoms with E-state index in [1.165, 1.54) is 51.3 Å². The first kappa shape index (κ1) is 81.9. The highest BCUT2D eigenvalue weighted by atomic mass is 32.2. The second kappa shape index (κ2) is 33.1. The lowest BCUT2D eigenvalue weighted by atomic mass is 9.32. The molecule has 2 aliphatic heterocycles. The minimum Gasteiger partial charge on any atom is -0.391 e. The molecule has 5 aromatic rings. The number of aryl methyl sites for hydroxylation is 1. The van der Waals surface area contributed by atoms with Crippen LogP contribution in [0.4, 0.5) is 37.7 Å². The highest BCUT2D eigenvalue weighted by molar-refractivity contribution is 7.99. The standard InChI is InChI=1S/C78H100F6N10O10S4/c1-50-66(106-49-86-50)52-19-17-51(18-20-52)62(88-69(98)63-39-57(95)44-94(63)70(99)67(73(2,3)4)89-72(100)77(81)30-31-77)41-65(96)85-32-13-8-9-14-33-91(7)34-28-55(45-105-58-15-11-10-12-16-58)87-61-26-25-59(40-64(61)107(101,102)78(82,83)84)108(103,104)90-68(97)53-21-23-56(24-22-53)93-37-35-92(36-38-93)43-54-27-29-74(5,6)42-60(54)75-46-76(47-75,48-75)71(79)80/h10-12,15-26,40,49,55,57,62-63,67,71,87,95H,8-9,13-14,27-39,41-48H2,1-7H3,(H,85,96)(H,88,98)(H,89,100)(H,90,97)/t55-,57?,62+,63?,67-,75?,76?/m1/s1. The van der Waals surface area contributed by atoms with E-state index in [2.05, 4.69) is 49.9 Å². The quantitative estimate of drug-likeness (QED) is 0.00987. The molecule has 3 heterocycles. The number of piperazine rings is 1. The molecule has 20 nitrogen and oxygen atoms in total. The normalized spacial score (nSPS) is 22.2. The molecular weight excluding hydrogens is 1480 g/mol. The van der Waals surface area contributed by atoms with Gasteiger partial charge in [0.25, 0.3) is 31.7 Å². The van der Waals surface area contributed by atoms with Crippen LogP contribution in [-0.2, 0) is 39.0 Å². The first-order valence-electron chi connectivity index (χ1n) is 37.2. The van der Waals surface area contributed by atoms with Crippen LogP contribution < -0.4 is 30.9 Å². The summed E-state index contributed by atoms with van der Waals surface area (Å²) in [5, 5.41) is 22.4. The maximum absolute atomic E-state index is 14.9. The number of aliphatic hydroxyl groups excluding tert-OH is 1. The predicted octanol–water partition coefficient (Wildman–Crippen LogP) is 12.4. The summed E-state index contributed by atoms with van der Waals surface area (Å²) in [7, 11) is -9.29. The lowest BCUT2D eigenvalue weighted by molar-refractivity contribution is -0.250. The van der Waals surface area contributed by atoms with E-state index in [4.69, 9.17) is 0 Å². The van der Waals surface area contributed by atoms with Gasteiger partial charge in [-0.2, -0.15) is 13.2 Å². The number of thiazole rings is 1. The number of aliphatic hydroxyl groups is 1. The van der Waals surface area contributed by atoms with Gasteiger partial charge in [-0.15, -0.1) is 23.1 Å².